The molecule has 0 fully saturated rings. The van der Waals surface area contributed by atoms with Crippen LogP contribution in [0.2, 0.25) is 0 Å². The number of nitrogens with one attached hydrogen (secondary N) is 1. The minimum atomic E-state index is -4.50. The van der Waals surface area contributed by atoms with Gasteiger partial charge in [-0.3, -0.25) is 4.79 Å². The summed E-state index contributed by atoms with van der Waals surface area (Å²) in [7, 11) is 0. The highest BCUT2D eigenvalue weighted by molar-refractivity contribution is 5.96. The Morgan fingerprint density at radius 1 is 1.10 bits per heavy atom. The summed E-state index contributed by atoms with van der Waals surface area (Å²) < 4.78 is 43.9. The molecular formula is C21H24F3N3O3. The lowest BCUT2D eigenvalue weighted by molar-refractivity contribution is -0.138. The molecule has 1 aromatic carbocycles. The van der Waals surface area contributed by atoms with Crippen LogP contribution in [0.5, 0.6) is 0 Å². The van der Waals surface area contributed by atoms with Crippen molar-refractivity contribution in [2.45, 2.75) is 46.0 Å². The number of hydrogen-bond acceptors (Lipinski definition) is 5. The monoisotopic (exact) mass is 423 g/mol. The molecular weight excluding hydrogens is 399 g/mol. The van der Waals surface area contributed by atoms with Crippen molar-refractivity contribution in [1.29, 1.82) is 0 Å². The van der Waals surface area contributed by atoms with Crippen molar-refractivity contribution in [2.75, 3.05) is 11.9 Å². The highest BCUT2D eigenvalue weighted by atomic mass is 19.4. The molecule has 0 atom stereocenters. The molecule has 0 aliphatic rings. The Hall–Kier alpha value is -3.10. The molecule has 0 spiro atoms. The Labute approximate surface area is 173 Å². The van der Waals surface area contributed by atoms with Crippen molar-refractivity contribution in [2.24, 2.45) is 0 Å². The molecule has 2 rings (SSSR count). The fraction of sp³-hybridized carbons (Fsp3) is 0.381. The van der Waals surface area contributed by atoms with E-state index < -0.39 is 24.3 Å². The van der Waals surface area contributed by atoms with Crippen LogP contribution in [-0.4, -0.2) is 40.5 Å². The van der Waals surface area contributed by atoms with Gasteiger partial charge in [0.05, 0.1) is 5.56 Å². The number of alkyl halides is 3. The quantitative estimate of drug-likeness (QED) is 0.657. The number of esters is 1. The number of anilines is 2. The number of ether oxygens (including phenoxy) is 1. The Morgan fingerprint density at radius 3 is 2.37 bits per heavy atom. The lowest BCUT2D eigenvalue weighted by atomic mass is 10.2. The molecule has 1 amide bonds. The minimum Gasteiger partial charge on any atom is -0.452 e. The van der Waals surface area contributed by atoms with Crippen molar-refractivity contribution < 1.29 is 27.5 Å². The van der Waals surface area contributed by atoms with Gasteiger partial charge in [-0.05, 0) is 58.0 Å². The number of amides is 1. The Kier molecular flexibility index (Phi) is 7.42. The molecule has 2 aromatic rings. The molecule has 0 radical (unpaired) electrons. The molecule has 0 bridgehead atoms. The fourth-order valence-corrected chi connectivity index (χ4v) is 3.03. The zero-order valence-electron chi connectivity index (χ0n) is 17.2. The first-order chi connectivity index (χ1) is 14.0. The maximum absolute atomic E-state index is 12.9. The van der Waals surface area contributed by atoms with Gasteiger partial charge < -0.3 is 15.0 Å². The van der Waals surface area contributed by atoms with Crippen molar-refractivity contribution in [1.82, 2.24) is 9.88 Å². The average Bonchev–Trinajstić information content (AvgIpc) is 2.65. The summed E-state index contributed by atoms with van der Waals surface area (Å²) in [6.07, 6.45) is -3.11. The number of benzene rings is 1. The van der Waals surface area contributed by atoms with Gasteiger partial charge in [0.2, 0.25) is 0 Å². The molecule has 0 saturated heterocycles. The molecule has 6 nitrogen and oxygen atoms in total. The highest BCUT2D eigenvalue weighted by Gasteiger charge is 2.30. The third-order valence-electron chi connectivity index (χ3n) is 4.21. The zero-order valence-corrected chi connectivity index (χ0v) is 17.2. The number of nitrogens with zero attached hydrogens (tertiary/aromatic N) is 2. The molecule has 162 valence electrons. The molecule has 1 aromatic heterocycles. The third-order valence-corrected chi connectivity index (χ3v) is 4.21. The zero-order chi connectivity index (χ0) is 22.5. The largest absolute Gasteiger partial charge is 0.452 e. The van der Waals surface area contributed by atoms with Crippen LogP contribution in [0.4, 0.5) is 24.7 Å². The van der Waals surface area contributed by atoms with Crippen LogP contribution < -0.4 is 5.32 Å². The Balaban J connectivity index is 2.15. The van der Waals surface area contributed by atoms with E-state index in [2.05, 4.69) is 10.3 Å². The number of carbonyl (C=O) groups is 2. The molecule has 0 saturated carbocycles. The predicted molar refractivity (Wildman–Crippen MR) is 106 cm³/mol. The summed E-state index contributed by atoms with van der Waals surface area (Å²) in [6, 6.07) is 7.31. The van der Waals surface area contributed by atoms with Gasteiger partial charge in [-0.15, -0.1) is 0 Å². The summed E-state index contributed by atoms with van der Waals surface area (Å²) in [4.78, 5) is 30.5. The first kappa shape index (κ1) is 23.2. The van der Waals surface area contributed by atoms with E-state index in [1.54, 1.807) is 4.90 Å². The van der Waals surface area contributed by atoms with Gasteiger partial charge in [0.25, 0.3) is 5.91 Å². The first-order valence-electron chi connectivity index (χ1n) is 9.38. The Morgan fingerprint density at radius 2 is 1.77 bits per heavy atom. The second kappa shape index (κ2) is 9.60. The van der Waals surface area contributed by atoms with Crippen molar-refractivity contribution in [3.8, 4) is 0 Å². The number of pyridine rings is 1. The topological polar surface area (TPSA) is 71.5 Å². The molecule has 0 aliphatic heterocycles. The second-order valence-electron chi connectivity index (χ2n) is 7.17. The van der Waals surface area contributed by atoms with Crippen LogP contribution in [0.15, 0.2) is 42.6 Å². The van der Waals surface area contributed by atoms with Gasteiger partial charge >= 0.3 is 12.1 Å². The van der Waals surface area contributed by atoms with E-state index in [1.807, 2.05) is 27.7 Å². The van der Waals surface area contributed by atoms with Gasteiger partial charge in [-0.25, -0.2) is 9.78 Å². The van der Waals surface area contributed by atoms with Gasteiger partial charge in [-0.2, -0.15) is 13.2 Å². The maximum Gasteiger partial charge on any atom is 0.416 e. The standard InChI is InChI=1S/C21H24F3N3O3/c1-13(2)27(14(3)4)18(28)12-30-20(29)17-9-6-10-25-19(17)26-16-8-5-7-15(11-16)21(22,23)24/h5-11,13-14H,12H2,1-4H3,(H,25,26). The van der Waals surface area contributed by atoms with Crippen LogP contribution in [-0.2, 0) is 15.7 Å². The number of rotatable bonds is 7. The Bertz CT molecular complexity index is 890. The normalized spacial score (nSPS) is 11.5. The highest BCUT2D eigenvalue weighted by Crippen LogP contribution is 2.31. The predicted octanol–water partition coefficient (Wildman–Crippen LogP) is 4.65. The number of aromatic nitrogens is 1. The molecule has 0 unspecified atom stereocenters. The van der Waals surface area contributed by atoms with E-state index in [9.17, 15) is 22.8 Å². The van der Waals surface area contributed by atoms with Crippen molar-refractivity contribution >= 4 is 23.4 Å². The minimum absolute atomic E-state index is 0.00311. The lowest BCUT2D eigenvalue weighted by Crippen LogP contribution is -2.44. The van der Waals surface area contributed by atoms with Crippen LogP contribution in [0, 0.1) is 0 Å². The van der Waals surface area contributed by atoms with E-state index in [0.29, 0.717) is 0 Å². The van der Waals surface area contributed by atoms with Crippen LogP contribution in [0.1, 0.15) is 43.6 Å². The summed E-state index contributed by atoms with van der Waals surface area (Å²) in [5, 5.41) is 2.71. The first-order valence-corrected chi connectivity index (χ1v) is 9.38. The SMILES string of the molecule is CC(C)N(C(=O)COC(=O)c1cccnc1Nc1cccc(C(F)(F)F)c1)C(C)C. The van der Waals surface area contributed by atoms with E-state index in [4.69, 9.17) is 4.74 Å². The smallest absolute Gasteiger partial charge is 0.416 e. The number of hydrogen-bond donors (Lipinski definition) is 1. The van der Waals surface area contributed by atoms with E-state index in [1.165, 1.54) is 30.5 Å². The van der Waals surface area contributed by atoms with Crippen LogP contribution >= 0.6 is 0 Å². The van der Waals surface area contributed by atoms with Gasteiger partial charge in [0.15, 0.2) is 6.61 Å². The van der Waals surface area contributed by atoms with E-state index in [-0.39, 0.29) is 35.1 Å². The van der Waals surface area contributed by atoms with Crippen LogP contribution in [0.3, 0.4) is 0 Å². The van der Waals surface area contributed by atoms with Crippen LogP contribution in [0.25, 0.3) is 0 Å². The third kappa shape index (κ3) is 5.95. The summed E-state index contributed by atoms with van der Waals surface area (Å²) in [5.74, 6) is -1.12. The molecule has 1 heterocycles. The lowest BCUT2D eigenvalue weighted by Gasteiger charge is -2.30. The molecule has 0 aliphatic carbocycles. The second-order valence-corrected chi connectivity index (χ2v) is 7.17. The molecule has 1 N–H and O–H groups in total. The average molecular weight is 423 g/mol. The van der Waals surface area contributed by atoms with Crippen molar-refractivity contribution in [3.05, 3.63) is 53.7 Å². The van der Waals surface area contributed by atoms with Crippen molar-refractivity contribution in [3.63, 3.8) is 0 Å². The molecule has 9 heteroatoms. The van der Waals surface area contributed by atoms with E-state index in [0.717, 1.165) is 12.1 Å². The van der Waals surface area contributed by atoms with E-state index >= 15 is 0 Å². The summed E-state index contributed by atoms with van der Waals surface area (Å²) in [6.45, 7) is 6.98. The van der Waals surface area contributed by atoms with Gasteiger partial charge in [0, 0.05) is 24.0 Å². The number of halogens is 3. The van der Waals surface area contributed by atoms with Gasteiger partial charge in [0.1, 0.15) is 11.4 Å². The summed E-state index contributed by atoms with van der Waals surface area (Å²) >= 11 is 0. The van der Waals surface area contributed by atoms with Gasteiger partial charge in [-0.1, -0.05) is 6.07 Å². The summed E-state index contributed by atoms with van der Waals surface area (Å²) in [5.41, 5.74) is -0.719. The number of carbonyl (C=O) groups excluding carboxylic acids is 2. The molecule has 30 heavy (non-hydrogen) atoms. The maximum atomic E-state index is 12.9. The fourth-order valence-electron chi connectivity index (χ4n) is 3.03.